The van der Waals surface area contributed by atoms with Gasteiger partial charge in [-0.05, 0) is 32.9 Å². The molecule has 0 N–H and O–H groups in total. The Labute approximate surface area is 171 Å². The Morgan fingerprint density at radius 2 is 1.64 bits per heavy atom. The van der Waals surface area contributed by atoms with E-state index in [1.165, 1.54) is 0 Å². The minimum absolute atomic E-state index is 0. The molecule has 0 aromatic carbocycles. The van der Waals surface area contributed by atoms with Crippen molar-refractivity contribution in [3.63, 3.8) is 0 Å². The van der Waals surface area contributed by atoms with Crippen molar-refractivity contribution in [1.82, 2.24) is 19.4 Å². The first-order chi connectivity index (χ1) is 10.6. The topological polar surface area (TPSA) is 46.3 Å². The Morgan fingerprint density at radius 3 is 2.20 bits per heavy atom. The van der Waals surface area contributed by atoms with Crippen molar-refractivity contribution in [1.29, 1.82) is 0 Å². The van der Waals surface area contributed by atoms with Gasteiger partial charge in [-0.1, -0.05) is 18.5 Å². The molecule has 0 saturated heterocycles. The third kappa shape index (κ3) is 4.05. The molecule has 9 heteroatoms. The van der Waals surface area contributed by atoms with Crippen LogP contribution in [0.4, 0.5) is 5.82 Å². The smallest absolute Gasteiger partial charge is 0.167 e. The molecule has 3 aromatic heterocycles. The third-order valence-electron chi connectivity index (χ3n) is 3.99. The maximum Gasteiger partial charge on any atom is 0.167 e. The van der Waals surface area contributed by atoms with E-state index in [1.54, 1.807) is 0 Å². The minimum atomic E-state index is 0. The lowest BCUT2D eigenvalue weighted by molar-refractivity contribution is 0.845. The van der Waals surface area contributed by atoms with E-state index in [0.29, 0.717) is 5.15 Å². The molecule has 0 aliphatic carbocycles. The van der Waals surface area contributed by atoms with Crippen LogP contribution in [0.15, 0.2) is 12.1 Å². The first-order valence-electron chi connectivity index (χ1n) is 7.69. The van der Waals surface area contributed by atoms with Gasteiger partial charge in [-0.2, -0.15) is 0 Å². The molecule has 3 rings (SSSR count). The Hall–Kier alpha value is -1.01. The summed E-state index contributed by atoms with van der Waals surface area (Å²) in [5.74, 6) is 1.92. The van der Waals surface area contributed by atoms with Crippen LogP contribution in [0.3, 0.4) is 0 Å². The van der Waals surface area contributed by atoms with E-state index in [0.717, 1.165) is 53.5 Å². The highest BCUT2D eigenvalue weighted by molar-refractivity contribution is 6.33. The van der Waals surface area contributed by atoms with E-state index in [-0.39, 0.29) is 37.2 Å². The Kier molecular flexibility index (Phi) is 9.23. The molecule has 0 aliphatic rings. The maximum absolute atomic E-state index is 6.36. The largest absolute Gasteiger partial charge is 0.357 e. The highest BCUT2D eigenvalue weighted by atomic mass is 35.5. The zero-order valence-corrected chi connectivity index (χ0v) is 17.8. The molecule has 0 unspecified atom stereocenters. The van der Waals surface area contributed by atoms with Crippen LogP contribution in [-0.4, -0.2) is 32.4 Å². The summed E-state index contributed by atoms with van der Waals surface area (Å²) in [5, 5.41) is 0.481. The summed E-state index contributed by atoms with van der Waals surface area (Å²) in [6.45, 7) is 10.1. The second kappa shape index (κ2) is 9.62. The first kappa shape index (κ1) is 24.0. The molecule has 0 saturated carbocycles. The fourth-order valence-corrected chi connectivity index (χ4v) is 3.17. The van der Waals surface area contributed by atoms with Crippen molar-refractivity contribution < 1.29 is 0 Å². The van der Waals surface area contributed by atoms with Gasteiger partial charge in [-0.25, -0.2) is 15.0 Å². The van der Waals surface area contributed by atoms with Crippen LogP contribution in [0.5, 0.6) is 0 Å². The van der Waals surface area contributed by atoms with E-state index < -0.39 is 0 Å². The Balaban J connectivity index is 0.00000192. The molecule has 0 spiro atoms. The molecule has 25 heavy (non-hydrogen) atoms. The van der Waals surface area contributed by atoms with Crippen molar-refractivity contribution >= 4 is 71.3 Å². The minimum Gasteiger partial charge on any atom is -0.357 e. The number of aryl methyl sites for hydroxylation is 2. The van der Waals surface area contributed by atoms with Crippen molar-refractivity contribution in [2.45, 2.75) is 34.1 Å². The van der Waals surface area contributed by atoms with E-state index in [1.807, 2.05) is 23.5 Å². The van der Waals surface area contributed by atoms with Crippen molar-refractivity contribution in [2.75, 3.05) is 18.0 Å². The molecule has 0 fully saturated rings. The molecular weight excluding hydrogens is 404 g/mol. The summed E-state index contributed by atoms with van der Waals surface area (Å²) in [6, 6.07) is 3.98. The molecule has 3 aromatic rings. The van der Waals surface area contributed by atoms with Gasteiger partial charge < -0.3 is 4.90 Å². The summed E-state index contributed by atoms with van der Waals surface area (Å²) < 4.78 is 2.05. The summed E-state index contributed by atoms with van der Waals surface area (Å²) in [5.41, 5.74) is 3.36. The Bertz CT molecular complexity index is 846. The molecule has 0 radical (unpaired) electrons. The number of nitrogens with zero attached hydrogens (tertiary/aromatic N) is 5. The van der Waals surface area contributed by atoms with E-state index in [2.05, 4.69) is 35.6 Å². The average Bonchev–Trinajstić information content (AvgIpc) is 2.87. The van der Waals surface area contributed by atoms with Crippen LogP contribution >= 0.6 is 48.8 Å². The summed E-state index contributed by atoms with van der Waals surface area (Å²) in [6.07, 6.45) is 0.821. The van der Waals surface area contributed by atoms with Crippen LogP contribution in [0.2, 0.25) is 5.15 Å². The molecule has 0 aliphatic heterocycles. The van der Waals surface area contributed by atoms with Gasteiger partial charge in [0, 0.05) is 19.5 Å². The van der Waals surface area contributed by atoms with Gasteiger partial charge in [-0.3, -0.25) is 4.40 Å². The van der Waals surface area contributed by atoms with Gasteiger partial charge >= 0.3 is 0 Å². The SMILES string of the molecule is CCc1nc(C)c2c(Cl)nc3ccc(N(CC)CC)nc3n12.Cl.Cl.Cl. The number of imidazole rings is 1. The number of aromatic nitrogens is 4. The second-order valence-corrected chi connectivity index (χ2v) is 5.60. The van der Waals surface area contributed by atoms with Crippen molar-refractivity contribution in [3.8, 4) is 0 Å². The molecule has 0 amide bonds. The van der Waals surface area contributed by atoms with Crippen LogP contribution in [0.1, 0.15) is 32.3 Å². The van der Waals surface area contributed by atoms with E-state index in [4.69, 9.17) is 16.6 Å². The maximum atomic E-state index is 6.36. The normalized spacial score (nSPS) is 10.1. The van der Waals surface area contributed by atoms with E-state index in [9.17, 15) is 0 Å². The predicted octanol–water partition coefficient (Wildman–Crippen LogP) is 4.91. The second-order valence-electron chi connectivity index (χ2n) is 5.24. The summed E-state index contributed by atoms with van der Waals surface area (Å²) in [4.78, 5) is 16.2. The molecule has 0 bridgehead atoms. The van der Waals surface area contributed by atoms with Gasteiger partial charge in [-0.15, -0.1) is 37.2 Å². The van der Waals surface area contributed by atoms with Gasteiger partial charge in [0.05, 0.1) is 5.69 Å². The van der Waals surface area contributed by atoms with E-state index >= 15 is 0 Å². The fourth-order valence-electron chi connectivity index (χ4n) is 2.86. The average molecular weight is 427 g/mol. The highest BCUT2D eigenvalue weighted by Gasteiger charge is 2.16. The fraction of sp³-hybridized carbons (Fsp3) is 0.438. The van der Waals surface area contributed by atoms with Gasteiger partial charge in [0.15, 0.2) is 10.8 Å². The van der Waals surface area contributed by atoms with Gasteiger partial charge in [0.25, 0.3) is 0 Å². The summed E-state index contributed by atoms with van der Waals surface area (Å²) >= 11 is 6.36. The highest BCUT2D eigenvalue weighted by Crippen LogP contribution is 2.26. The number of rotatable bonds is 4. The molecule has 140 valence electrons. The van der Waals surface area contributed by atoms with Crippen LogP contribution in [0.25, 0.3) is 16.7 Å². The molecule has 5 nitrogen and oxygen atoms in total. The van der Waals surface area contributed by atoms with Gasteiger partial charge in [0.1, 0.15) is 22.7 Å². The summed E-state index contributed by atoms with van der Waals surface area (Å²) in [7, 11) is 0. The molecule has 0 atom stereocenters. The molecule has 3 heterocycles. The van der Waals surface area contributed by atoms with Crippen molar-refractivity contribution in [2.24, 2.45) is 0 Å². The number of hydrogen-bond acceptors (Lipinski definition) is 4. The standard InChI is InChI=1S/C16H20ClN5.3ClH/c1-5-12-18-10(4)14-15(17)19-11-8-9-13(21(6-2)7-3)20-16(11)22(12)14;;;/h8-9H,5-7H2,1-4H3;3*1H. The number of pyridine rings is 1. The zero-order valence-electron chi connectivity index (χ0n) is 14.6. The van der Waals surface area contributed by atoms with Crippen molar-refractivity contribution in [3.05, 3.63) is 28.8 Å². The lowest BCUT2D eigenvalue weighted by Gasteiger charge is -2.20. The van der Waals surface area contributed by atoms with Crippen LogP contribution in [-0.2, 0) is 6.42 Å². The predicted molar refractivity (Wildman–Crippen MR) is 113 cm³/mol. The number of anilines is 1. The lowest BCUT2D eigenvalue weighted by Crippen LogP contribution is -2.23. The number of hydrogen-bond donors (Lipinski definition) is 0. The number of fused-ring (bicyclic) bond motifs is 3. The van der Waals surface area contributed by atoms with Crippen LogP contribution in [0, 0.1) is 6.92 Å². The first-order valence-corrected chi connectivity index (χ1v) is 8.07. The monoisotopic (exact) mass is 425 g/mol. The van der Waals surface area contributed by atoms with Gasteiger partial charge in [0.2, 0.25) is 0 Å². The zero-order chi connectivity index (χ0) is 15.9. The third-order valence-corrected chi connectivity index (χ3v) is 4.25. The molecular formula is C16H23Cl4N5. The number of halogens is 4. The lowest BCUT2D eigenvalue weighted by atomic mass is 10.3. The van der Waals surface area contributed by atoms with Crippen LogP contribution < -0.4 is 4.90 Å². The Morgan fingerprint density at radius 1 is 1.00 bits per heavy atom. The quantitative estimate of drug-likeness (QED) is 0.594.